The molecule has 29 heavy (non-hydrogen) atoms. The second kappa shape index (κ2) is 8.45. The molecule has 2 aromatic carbocycles. The molecule has 1 N–H and O–H groups in total. The maximum atomic E-state index is 13.0. The normalized spacial score (nSPS) is 15.7. The molecule has 1 saturated heterocycles. The van der Waals surface area contributed by atoms with Gasteiger partial charge in [-0.1, -0.05) is 40.9 Å². The lowest BCUT2D eigenvalue weighted by atomic mass is 10.1. The average Bonchev–Trinajstić information content (AvgIpc) is 2.64. The first kappa shape index (κ1) is 21.2. The van der Waals surface area contributed by atoms with Gasteiger partial charge in [-0.2, -0.15) is 0 Å². The van der Waals surface area contributed by atoms with E-state index in [9.17, 15) is 14.4 Å². The quantitative estimate of drug-likeness (QED) is 0.521. The van der Waals surface area contributed by atoms with Crippen molar-refractivity contribution in [1.29, 1.82) is 0 Å². The number of nitrogens with zero attached hydrogens (tertiary/aromatic N) is 1. The lowest BCUT2D eigenvalue weighted by Crippen LogP contribution is -2.54. The van der Waals surface area contributed by atoms with Crippen LogP contribution >= 0.6 is 34.8 Å². The molecular formula is C20H15Cl3N2O4. The zero-order valence-corrected chi connectivity index (χ0v) is 17.7. The zero-order chi connectivity index (χ0) is 21.3. The van der Waals surface area contributed by atoms with Crippen molar-refractivity contribution in [3.8, 4) is 5.75 Å². The third-order valence-corrected chi connectivity index (χ3v) is 5.05. The van der Waals surface area contributed by atoms with Crippen molar-refractivity contribution in [2.45, 2.75) is 13.8 Å². The zero-order valence-electron chi connectivity index (χ0n) is 15.4. The monoisotopic (exact) mass is 452 g/mol. The summed E-state index contributed by atoms with van der Waals surface area (Å²) in [5.74, 6) is -1.38. The molecule has 1 aliphatic heterocycles. The van der Waals surface area contributed by atoms with Crippen LogP contribution in [-0.4, -0.2) is 24.5 Å². The van der Waals surface area contributed by atoms with Gasteiger partial charge in [0.1, 0.15) is 11.3 Å². The minimum absolute atomic E-state index is 0.230. The Hall–Kier alpha value is -2.54. The fraction of sp³-hybridized carbons (Fsp3) is 0.150. The minimum atomic E-state index is -0.869. The van der Waals surface area contributed by atoms with Crippen LogP contribution in [0.2, 0.25) is 15.1 Å². The highest BCUT2D eigenvalue weighted by Gasteiger charge is 2.37. The number of halogens is 3. The number of carbonyl (C=O) groups excluding carboxylic acids is 3. The topological polar surface area (TPSA) is 75.7 Å². The van der Waals surface area contributed by atoms with E-state index in [2.05, 4.69) is 5.32 Å². The average molecular weight is 454 g/mol. The number of nitrogens with one attached hydrogen (secondary N) is 1. The van der Waals surface area contributed by atoms with E-state index in [1.807, 2.05) is 0 Å². The number of ether oxygens (including phenoxy) is 1. The van der Waals surface area contributed by atoms with Crippen LogP contribution in [0.4, 0.5) is 10.5 Å². The summed E-state index contributed by atoms with van der Waals surface area (Å²) in [7, 11) is 0. The van der Waals surface area contributed by atoms with Crippen molar-refractivity contribution in [3.63, 3.8) is 0 Å². The second-order valence-corrected chi connectivity index (χ2v) is 7.38. The number of barbiturate groups is 1. The van der Waals surface area contributed by atoms with Crippen LogP contribution in [0, 0.1) is 6.92 Å². The summed E-state index contributed by atoms with van der Waals surface area (Å²) in [5, 5.41) is 3.06. The number of hydrogen-bond donors (Lipinski definition) is 1. The summed E-state index contributed by atoms with van der Waals surface area (Å²) in [6, 6.07) is 6.84. The standard InChI is InChI=1S/C20H15Cl3N2O4/c1-3-29-17-11(6-12(21)8-16(17)23)7-14-18(26)24-20(28)25(19(14)27)13-5-4-10(2)15(22)9-13/h4-9H,3H2,1-2H3,(H,24,26,28)/b14-7+. The van der Waals surface area contributed by atoms with Gasteiger partial charge in [0.15, 0.2) is 0 Å². The van der Waals surface area contributed by atoms with E-state index in [0.717, 1.165) is 10.5 Å². The number of hydrogen-bond acceptors (Lipinski definition) is 4. The van der Waals surface area contributed by atoms with Gasteiger partial charge in [-0.25, -0.2) is 9.69 Å². The molecule has 3 rings (SSSR count). The SMILES string of the molecule is CCOc1c(Cl)cc(Cl)cc1/C=C1\C(=O)NC(=O)N(c2ccc(C)c(Cl)c2)C1=O. The molecule has 2 aromatic rings. The number of imide groups is 2. The summed E-state index contributed by atoms with van der Waals surface area (Å²) in [4.78, 5) is 38.6. The van der Waals surface area contributed by atoms with E-state index < -0.39 is 17.8 Å². The molecule has 0 saturated carbocycles. The van der Waals surface area contributed by atoms with Crippen LogP contribution in [0.25, 0.3) is 6.08 Å². The largest absolute Gasteiger partial charge is 0.492 e. The van der Waals surface area contributed by atoms with Crippen molar-refractivity contribution >= 4 is 64.4 Å². The molecule has 0 aliphatic carbocycles. The fourth-order valence-corrected chi connectivity index (χ4v) is 3.49. The van der Waals surface area contributed by atoms with Crippen molar-refractivity contribution in [2.75, 3.05) is 11.5 Å². The summed E-state index contributed by atoms with van der Waals surface area (Å²) in [6.45, 7) is 3.86. The molecule has 0 unspecified atom stereocenters. The summed E-state index contributed by atoms with van der Waals surface area (Å²) in [6.07, 6.45) is 1.29. The number of urea groups is 1. The molecule has 6 nitrogen and oxygen atoms in total. The lowest BCUT2D eigenvalue weighted by Gasteiger charge is -2.26. The van der Waals surface area contributed by atoms with Gasteiger partial charge in [-0.05, 0) is 49.8 Å². The fourth-order valence-electron chi connectivity index (χ4n) is 2.75. The van der Waals surface area contributed by atoms with Crippen LogP contribution in [-0.2, 0) is 9.59 Å². The first-order valence-electron chi connectivity index (χ1n) is 8.52. The van der Waals surface area contributed by atoms with Crippen molar-refractivity contribution in [1.82, 2.24) is 5.32 Å². The predicted octanol–water partition coefficient (Wildman–Crippen LogP) is 5.02. The van der Waals surface area contributed by atoms with E-state index in [-0.39, 0.29) is 22.0 Å². The maximum absolute atomic E-state index is 13.0. The minimum Gasteiger partial charge on any atom is -0.492 e. The van der Waals surface area contributed by atoms with E-state index in [1.165, 1.54) is 24.3 Å². The van der Waals surface area contributed by atoms with Crippen LogP contribution in [0.3, 0.4) is 0 Å². The highest BCUT2D eigenvalue weighted by Crippen LogP contribution is 2.35. The van der Waals surface area contributed by atoms with Crippen molar-refractivity contribution < 1.29 is 19.1 Å². The van der Waals surface area contributed by atoms with Gasteiger partial charge in [0.05, 0.1) is 17.3 Å². The Kier molecular flexibility index (Phi) is 6.17. The van der Waals surface area contributed by atoms with Gasteiger partial charge in [0.25, 0.3) is 11.8 Å². The smallest absolute Gasteiger partial charge is 0.335 e. The molecular weight excluding hydrogens is 439 g/mol. The van der Waals surface area contributed by atoms with E-state index in [1.54, 1.807) is 26.0 Å². The third kappa shape index (κ3) is 4.24. The lowest BCUT2D eigenvalue weighted by molar-refractivity contribution is -0.122. The molecule has 0 spiro atoms. The van der Waals surface area contributed by atoms with Crippen LogP contribution in [0.1, 0.15) is 18.1 Å². The molecule has 150 valence electrons. The number of anilines is 1. The van der Waals surface area contributed by atoms with E-state index in [0.29, 0.717) is 22.2 Å². The number of aryl methyl sites for hydroxylation is 1. The summed E-state index contributed by atoms with van der Waals surface area (Å²) < 4.78 is 5.52. The Morgan fingerprint density at radius 2 is 1.79 bits per heavy atom. The number of benzene rings is 2. The first-order valence-corrected chi connectivity index (χ1v) is 9.65. The molecule has 9 heteroatoms. The Bertz CT molecular complexity index is 1070. The van der Waals surface area contributed by atoms with Crippen LogP contribution in [0.5, 0.6) is 5.75 Å². The Morgan fingerprint density at radius 1 is 1.07 bits per heavy atom. The van der Waals surface area contributed by atoms with Gasteiger partial charge < -0.3 is 4.74 Å². The predicted molar refractivity (Wildman–Crippen MR) is 113 cm³/mol. The first-order chi connectivity index (χ1) is 13.7. The van der Waals surface area contributed by atoms with E-state index >= 15 is 0 Å². The van der Waals surface area contributed by atoms with Crippen molar-refractivity contribution in [2.24, 2.45) is 0 Å². The third-order valence-electron chi connectivity index (χ3n) is 4.14. The van der Waals surface area contributed by atoms with Gasteiger partial charge >= 0.3 is 6.03 Å². The molecule has 1 fully saturated rings. The van der Waals surface area contributed by atoms with Crippen molar-refractivity contribution in [3.05, 3.63) is 62.1 Å². The Balaban J connectivity index is 2.10. The molecule has 1 aliphatic rings. The van der Waals surface area contributed by atoms with Gasteiger partial charge in [0, 0.05) is 15.6 Å². The Morgan fingerprint density at radius 3 is 2.45 bits per heavy atom. The second-order valence-electron chi connectivity index (χ2n) is 6.13. The highest BCUT2D eigenvalue weighted by molar-refractivity contribution is 6.40. The van der Waals surface area contributed by atoms with Gasteiger partial charge in [-0.15, -0.1) is 0 Å². The molecule has 1 heterocycles. The molecule has 0 aromatic heterocycles. The number of rotatable bonds is 4. The maximum Gasteiger partial charge on any atom is 0.335 e. The van der Waals surface area contributed by atoms with Gasteiger partial charge in [-0.3, -0.25) is 14.9 Å². The number of amides is 4. The summed E-state index contributed by atoms with van der Waals surface area (Å²) >= 11 is 18.4. The molecule has 0 radical (unpaired) electrons. The molecule has 4 amide bonds. The van der Waals surface area contributed by atoms with Crippen LogP contribution in [0.15, 0.2) is 35.9 Å². The van der Waals surface area contributed by atoms with Crippen LogP contribution < -0.4 is 15.0 Å². The number of carbonyl (C=O) groups is 3. The Labute approximate surface area is 182 Å². The highest BCUT2D eigenvalue weighted by atomic mass is 35.5. The van der Waals surface area contributed by atoms with Gasteiger partial charge in [0.2, 0.25) is 0 Å². The summed E-state index contributed by atoms with van der Waals surface area (Å²) in [5.41, 5.74) is 1.07. The molecule has 0 atom stereocenters. The molecule has 0 bridgehead atoms. The van der Waals surface area contributed by atoms with E-state index in [4.69, 9.17) is 39.5 Å².